The van der Waals surface area contributed by atoms with Gasteiger partial charge in [0.2, 0.25) is 10.0 Å². The number of alkyl halides is 3. The van der Waals surface area contributed by atoms with Crippen molar-refractivity contribution in [3.8, 4) is 0 Å². The van der Waals surface area contributed by atoms with Crippen LogP contribution in [0, 0.1) is 5.92 Å². The second-order valence-corrected chi connectivity index (χ2v) is 10.8. The molecule has 0 aromatic heterocycles. The average molecular weight is 477 g/mol. The molecule has 11 heteroatoms. The number of piperidine rings is 1. The predicted octanol–water partition coefficient (Wildman–Crippen LogP) is 2.84. The molecule has 0 saturated carbocycles. The lowest BCUT2D eigenvalue weighted by molar-refractivity contribution is -0.137. The molecule has 0 atom stereocenters. The van der Waals surface area contributed by atoms with E-state index in [1.807, 2.05) is 0 Å². The number of hydrogen-bond donors (Lipinski definition) is 1. The minimum atomic E-state index is -4.62. The molecule has 2 aliphatic rings. The van der Waals surface area contributed by atoms with Crippen LogP contribution in [-0.2, 0) is 16.2 Å². The Hall–Kier alpha value is -1.85. The van der Waals surface area contributed by atoms with Gasteiger partial charge in [-0.1, -0.05) is 19.9 Å². The molecule has 0 spiro atoms. The third kappa shape index (κ3) is 6.14. The minimum absolute atomic E-state index is 0.0405. The number of amides is 2. The first kappa shape index (κ1) is 24.8. The molecular weight excluding hydrogens is 445 g/mol. The number of sulfonamides is 1. The van der Waals surface area contributed by atoms with Gasteiger partial charge in [-0.3, -0.25) is 0 Å². The summed E-state index contributed by atoms with van der Waals surface area (Å²) in [5.41, 5.74) is -1.00. The lowest BCUT2D eigenvalue weighted by Crippen LogP contribution is -2.55. The second-order valence-electron chi connectivity index (χ2n) is 8.83. The Morgan fingerprint density at radius 1 is 1.09 bits per heavy atom. The molecule has 32 heavy (non-hydrogen) atoms. The molecule has 3 rings (SSSR count). The van der Waals surface area contributed by atoms with E-state index in [2.05, 4.69) is 24.1 Å². The molecule has 0 radical (unpaired) electrons. The fourth-order valence-corrected chi connectivity index (χ4v) is 5.62. The van der Waals surface area contributed by atoms with Crippen molar-refractivity contribution in [1.82, 2.24) is 19.4 Å². The molecule has 0 unspecified atom stereocenters. The highest BCUT2D eigenvalue weighted by molar-refractivity contribution is 7.89. The van der Waals surface area contributed by atoms with E-state index >= 15 is 0 Å². The number of urea groups is 1. The van der Waals surface area contributed by atoms with Crippen molar-refractivity contribution in [2.75, 3.05) is 45.8 Å². The van der Waals surface area contributed by atoms with Gasteiger partial charge in [0.25, 0.3) is 0 Å². The maximum atomic E-state index is 12.9. The highest BCUT2D eigenvalue weighted by atomic mass is 32.2. The molecular formula is C21H31F3N4O3S. The Balaban J connectivity index is 1.52. The smallest absolute Gasteiger partial charge is 0.335 e. The van der Waals surface area contributed by atoms with Crippen LogP contribution in [0.5, 0.6) is 0 Å². The lowest BCUT2D eigenvalue weighted by atomic mass is 10.0. The van der Waals surface area contributed by atoms with E-state index in [4.69, 9.17) is 0 Å². The van der Waals surface area contributed by atoms with Gasteiger partial charge >= 0.3 is 12.2 Å². The summed E-state index contributed by atoms with van der Waals surface area (Å²) in [5, 5.41) is 3.04. The normalized spacial score (nSPS) is 20.0. The number of hydrogen-bond acceptors (Lipinski definition) is 4. The number of carbonyl (C=O) groups excluding carboxylic acids is 1. The first-order valence-electron chi connectivity index (χ1n) is 10.9. The molecule has 0 aliphatic carbocycles. The van der Waals surface area contributed by atoms with Crippen LogP contribution in [0.3, 0.4) is 0 Å². The van der Waals surface area contributed by atoms with E-state index in [9.17, 15) is 26.4 Å². The van der Waals surface area contributed by atoms with Gasteiger partial charge in [-0.15, -0.1) is 0 Å². The van der Waals surface area contributed by atoms with E-state index in [-0.39, 0.29) is 38.3 Å². The molecule has 0 bridgehead atoms. The molecule has 7 nitrogen and oxygen atoms in total. The molecule has 1 N–H and O–H groups in total. The third-order valence-corrected chi connectivity index (χ3v) is 7.76. The number of halogens is 3. The highest BCUT2D eigenvalue weighted by Crippen LogP contribution is 2.31. The van der Waals surface area contributed by atoms with Crippen LogP contribution in [0.1, 0.15) is 32.3 Å². The van der Waals surface area contributed by atoms with Crippen molar-refractivity contribution in [1.29, 1.82) is 0 Å². The summed E-state index contributed by atoms with van der Waals surface area (Å²) in [4.78, 5) is 16.2. The molecule has 180 valence electrons. The molecule has 2 fully saturated rings. The van der Waals surface area contributed by atoms with Crippen molar-refractivity contribution >= 4 is 16.1 Å². The third-order valence-electron chi connectivity index (χ3n) is 5.86. The number of rotatable bonds is 5. The topological polar surface area (TPSA) is 73.0 Å². The molecule has 2 amide bonds. The van der Waals surface area contributed by atoms with Crippen molar-refractivity contribution in [2.24, 2.45) is 5.92 Å². The number of carbonyl (C=O) groups is 1. The zero-order valence-corrected chi connectivity index (χ0v) is 19.3. The van der Waals surface area contributed by atoms with Crippen molar-refractivity contribution in [3.05, 3.63) is 29.8 Å². The van der Waals surface area contributed by atoms with Gasteiger partial charge in [-0.05, 0) is 37.0 Å². The maximum Gasteiger partial charge on any atom is 0.416 e. The largest absolute Gasteiger partial charge is 0.416 e. The van der Waals surface area contributed by atoms with Crippen molar-refractivity contribution in [3.63, 3.8) is 0 Å². The van der Waals surface area contributed by atoms with Crippen LogP contribution in [0.15, 0.2) is 29.2 Å². The van der Waals surface area contributed by atoms with E-state index in [1.165, 1.54) is 0 Å². The van der Waals surface area contributed by atoms with Crippen LogP contribution < -0.4 is 5.32 Å². The Morgan fingerprint density at radius 3 is 2.28 bits per heavy atom. The van der Waals surface area contributed by atoms with Gasteiger partial charge in [0.15, 0.2) is 0 Å². The fourth-order valence-electron chi connectivity index (χ4n) is 4.16. The average Bonchev–Trinajstić information content (AvgIpc) is 2.74. The first-order chi connectivity index (χ1) is 15.0. The van der Waals surface area contributed by atoms with Crippen molar-refractivity contribution < 1.29 is 26.4 Å². The van der Waals surface area contributed by atoms with Crippen LogP contribution in [-0.4, -0.2) is 80.4 Å². The van der Waals surface area contributed by atoms with E-state index < -0.39 is 26.7 Å². The summed E-state index contributed by atoms with van der Waals surface area (Å²) in [7, 11) is -4.07. The minimum Gasteiger partial charge on any atom is -0.335 e. The van der Waals surface area contributed by atoms with E-state index in [0.717, 1.165) is 55.0 Å². The van der Waals surface area contributed by atoms with Gasteiger partial charge in [0.1, 0.15) is 0 Å². The highest BCUT2D eigenvalue weighted by Gasteiger charge is 2.34. The monoisotopic (exact) mass is 476 g/mol. The second kappa shape index (κ2) is 9.96. The molecule has 2 heterocycles. The summed E-state index contributed by atoms with van der Waals surface area (Å²) in [6.07, 6.45) is -2.86. The summed E-state index contributed by atoms with van der Waals surface area (Å²) >= 11 is 0. The zero-order valence-electron chi connectivity index (χ0n) is 18.4. The van der Waals surface area contributed by atoms with Crippen LogP contribution in [0.25, 0.3) is 0 Å². The number of piperazine rings is 1. The van der Waals surface area contributed by atoms with Crippen LogP contribution in [0.4, 0.5) is 18.0 Å². The van der Waals surface area contributed by atoms with Gasteiger partial charge in [0, 0.05) is 51.9 Å². The molecule has 1 aromatic carbocycles. The zero-order chi connectivity index (χ0) is 23.5. The molecule has 2 saturated heterocycles. The first-order valence-corrected chi connectivity index (χ1v) is 12.4. The fraction of sp³-hybridized carbons (Fsp3) is 0.667. The SMILES string of the molecule is CC(C)CN1CCC(NC(=O)N2CCN(S(=O)(=O)c3cccc(C(F)(F)F)c3)CC2)CC1. The summed E-state index contributed by atoms with van der Waals surface area (Å²) in [6.45, 7) is 7.74. The van der Waals surface area contributed by atoms with Gasteiger partial charge in [-0.2, -0.15) is 17.5 Å². The predicted molar refractivity (Wildman–Crippen MR) is 115 cm³/mol. The molecule has 2 aliphatic heterocycles. The van der Waals surface area contributed by atoms with Gasteiger partial charge in [0.05, 0.1) is 10.5 Å². The number of benzene rings is 1. The maximum absolute atomic E-state index is 12.9. The summed E-state index contributed by atoms with van der Waals surface area (Å²) < 4.78 is 65.6. The van der Waals surface area contributed by atoms with Gasteiger partial charge in [-0.25, -0.2) is 13.2 Å². The van der Waals surface area contributed by atoms with Gasteiger partial charge < -0.3 is 15.1 Å². The Bertz CT molecular complexity index is 892. The standard InChI is InChI=1S/C21H31F3N4O3S/c1-16(2)15-26-8-6-18(7-9-26)25-20(29)27-10-12-28(13-11-27)32(30,31)19-5-3-4-17(14-19)21(22,23)24/h3-5,14,16,18H,6-13,15H2,1-2H3,(H,25,29). The molecule has 1 aromatic rings. The van der Waals surface area contributed by atoms with Crippen LogP contribution >= 0.6 is 0 Å². The quantitative estimate of drug-likeness (QED) is 0.710. The van der Waals surface area contributed by atoms with E-state index in [0.29, 0.717) is 12.0 Å². The Morgan fingerprint density at radius 2 is 1.72 bits per heavy atom. The summed E-state index contributed by atoms with van der Waals surface area (Å²) in [5.74, 6) is 0.602. The number of likely N-dealkylation sites (tertiary alicyclic amines) is 1. The van der Waals surface area contributed by atoms with E-state index in [1.54, 1.807) is 4.90 Å². The number of nitrogens with zero attached hydrogens (tertiary/aromatic N) is 3. The number of nitrogens with one attached hydrogen (secondary N) is 1. The Labute approximate surface area is 187 Å². The van der Waals surface area contributed by atoms with Crippen molar-refractivity contribution in [2.45, 2.75) is 43.8 Å². The Kier molecular flexibility index (Phi) is 7.72. The summed E-state index contributed by atoms with van der Waals surface area (Å²) in [6, 6.07) is 3.62. The lowest BCUT2D eigenvalue weighted by Gasteiger charge is -2.37. The van der Waals surface area contributed by atoms with Crippen LogP contribution in [0.2, 0.25) is 0 Å².